The molecule has 5 nitrogen and oxygen atoms in total. The second kappa shape index (κ2) is 8.01. The summed E-state index contributed by atoms with van der Waals surface area (Å²) < 4.78 is 11.9. The van der Waals surface area contributed by atoms with Gasteiger partial charge in [0.25, 0.3) is 5.91 Å². The zero-order valence-corrected chi connectivity index (χ0v) is 15.7. The standard InChI is InChI=1S/C22H26N2O3/c1-17-21(27-20-11-6-5-10-19(20)26-17)22(25)24-13-7-12-23(14-15-24)16-18-8-3-2-4-9-18/h2-6,8-11,17,21H,7,12-16H2,1H3/t17-,21+/m1/s1. The van der Waals surface area contributed by atoms with E-state index in [4.69, 9.17) is 9.47 Å². The third kappa shape index (κ3) is 4.08. The van der Waals surface area contributed by atoms with E-state index < -0.39 is 6.10 Å². The molecular weight excluding hydrogens is 340 g/mol. The third-order valence-electron chi connectivity index (χ3n) is 5.23. The number of hydrogen-bond donors (Lipinski definition) is 0. The Hall–Kier alpha value is -2.53. The topological polar surface area (TPSA) is 42.0 Å². The molecule has 2 heterocycles. The normalized spacial score (nSPS) is 22.9. The minimum Gasteiger partial charge on any atom is -0.482 e. The van der Waals surface area contributed by atoms with Crippen molar-refractivity contribution in [3.8, 4) is 11.5 Å². The Morgan fingerprint density at radius 3 is 2.41 bits per heavy atom. The van der Waals surface area contributed by atoms with Crippen LogP contribution in [0.4, 0.5) is 0 Å². The number of nitrogens with zero attached hydrogens (tertiary/aromatic N) is 2. The molecule has 2 aromatic carbocycles. The summed E-state index contributed by atoms with van der Waals surface area (Å²) in [7, 11) is 0. The molecule has 1 fully saturated rings. The van der Waals surface area contributed by atoms with Gasteiger partial charge in [0.1, 0.15) is 6.10 Å². The highest BCUT2D eigenvalue weighted by Gasteiger charge is 2.37. The molecule has 142 valence electrons. The Morgan fingerprint density at radius 2 is 1.63 bits per heavy atom. The van der Waals surface area contributed by atoms with Gasteiger partial charge in [0.2, 0.25) is 6.10 Å². The summed E-state index contributed by atoms with van der Waals surface area (Å²) in [6.45, 7) is 6.18. The highest BCUT2D eigenvalue weighted by atomic mass is 16.6. The summed E-state index contributed by atoms with van der Waals surface area (Å²) in [5, 5.41) is 0. The van der Waals surface area contributed by atoms with E-state index in [1.807, 2.05) is 42.2 Å². The number of benzene rings is 2. The van der Waals surface area contributed by atoms with Crippen LogP contribution in [0.5, 0.6) is 11.5 Å². The van der Waals surface area contributed by atoms with Crippen molar-refractivity contribution in [1.29, 1.82) is 0 Å². The van der Waals surface area contributed by atoms with Crippen LogP contribution in [0.1, 0.15) is 18.9 Å². The molecule has 1 amide bonds. The van der Waals surface area contributed by atoms with E-state index in [0.717, 1.165) is 39.1 Å². The number of amides is 1. The number of ether oxygens (including phenoxy) is 2. The van der Waals surface area contributed by atoms with Gasteiger partial charge in [-0.05, 0) is 31.0 Å². The van der Waals surface area contributed by atoms with Gasteiger partial charge in [-0.1, -0.05) is 42.5 Å². The fourth-order valence-corrected chi connectivity index (χ4v) is 3.76. The van der Waals surface area contributed by atoms with E-state index >= 15 is 0 Å². The maximum atomic E-state index is 13.1. The lowest BCUT2D eigenvalue weighted by Gasteiger charge is -2.34. The number of hydrogen-bond acceptors (Lipinski definition) is 4. The first-order chi connectivity index (χ1) is 13.2. The van der Waals surface area contributed by atoms with Gasteiger partial charge < -0.3 is 14.4 Å². The van der Waals surface area contributed by atoms with Gasteiger partial charge in [0.05, 0.1) is 0 Å². The third-order valence-corrected chi connectivity index (χ3v) is 5.23. The second-order valence-corrected chi connectivity index (χ2v) is 7.25. The Labute approximate surface area is 160 Å². The molecule has 2 aliphatic heterocycles. The molecule has 0 unspecified atom stereocenters. The average Bonchev–Trinajstić information content (AvgIpc) is 2.93. The zero-order valence-electron chi connectivity index (χ0n) is 15.7. The summed E-state index contributed by atoms with van der Waals surface area (Å²) >= 11 is 0. The SMILES string of the molecule is C[C@H]1Oc2ccccc2O[C@@H]1C(=O)N1CCCN(Cc2ccccc2)CC1. The van der Waals surface area contributed by atoms with Crippen LogP contribution >= 0.6 is 0 Å². The number of carbonyl (C=O) groups excluding carboxylic acids is 1. The maximum Gasteiger partial charge on any atom is 0.267 e. The van der Waals surface area contributed by atoms with E-state index in [1.54, 1.807) is 0 Å². The van der Waals surface area contributed by atoms with Crippen LogP contribution in [0, 0.1) is 0 Å². The van der Waals surface area contributed by atoms with Crippen molar-refractivity contribution >= 4 is 5.91 Å². The fourth-order valence-electron chi connectivity index (χ4n) is 3.76. The van der Waals surface area contributed by atoms with Gasteiger partial charge in [-0.15, -0.1) is 0 Å². The molecule has 0 spiro atoms. The molecule has 1 saturated heterocycles. The van der Waals surface area contributed by atoms with E-state index in [9.17, 15) is 4.79 Å². The van der Waals surface area contributed by atoms with Gasteiger partial charge in [0, 0.05) is 32.7 Å². The largest absolute Gasteiger partial charge is 0.482 e. The van der Waals surface area contributed by atoms with Crippen LogP contribution in [-0.2, 0) is 11.3 Å². The van der Waals surface area contributed by atoms with Crippen LogP contribution in [0.25, 0.3) is 0 Å². The molecule has 0 saturated carbocycles. The molecule has 0 aromatic heterocycles. The number of carbonyl (C=O) groups is 1. The monoisotopic (exact) mass is 366 g/mol. The van der Waals surface area contributed by atoms with Gasteiger partial charge in [-0.3, -0.25) is 9.69 Å². The van der Waals surface area contributed by atoms with Gasteiger partial charge in [-0.2, -0.15) is 0 Å². The van der Waals surface area contributed by atoms with Crippen LogP contribution < -0.4 is 9.47 Å². The average molecular weight is 366 g/mol. The fraction of sp³-hybridized carbons (Fsp3) is 0.409. The minimum atomic E-state index is -0.583. The van der Waals surface area contributed by atoms with Crippen molar-refractivity contribution in [2.75, 3.05) is 26.2 Å². The van der Waals surface area contributed by atoms with Crippen molar-refractivity contribution < 1.29 is 14.3 Å². The van der Waals surface area contributed by atoms with Gasteiger partial charge >= 0.3 is 0 Å². The summed E-state index contributed by atoms with van der Waals surface area (Å²) in [4.78, 5) is 17.4. The van der Waals surface area contributed by atoms with Crippen LogP contribution in [0.2, 0.25) is 0 Å². The Morgan fingerprint density at radius 1 is 0.926 bits per heavy atom. The molecule has 2 aliphatic rings. The molecule has 0 bridgehead atoms. The number of fused-ring (bicyclic) bond motifs is 1. The minimum absolute atomic E-state index is 0.0264. The van der Waals surface area contributed by atoms with Crippen LogP contribution in [0.15, 0.2) is 54.6 Å². The van der Waals surface area contributed by atoms with E-state index in [0.29, 0.717) is 11.5 Å². The molecular formula is C22H26N2O3. The number of para-hydroxylation sites is 2. The van der Waals surface area contributed by atoms with E-state index in [2.05, 4.69) is 29.2 Å². The Kier molecular flexibility index (Phi) is 5.30. The van der Waals surface area contributed by atoms with Crippen molar-refractivity contribution in [1.82, 2.24) is 9.80 Å². The second-order valence-electron chi connectivity index (χ2n) is 7.25. The lowest BCUT2D eigenvalue weighted by atomic mass is 10.1. The van der Waals surface area contributed by atoms with Gasteiger partial charge in [0.15, 0.2) is 11.5 Å². The molecule has 2 aromatic rings. The predicted octanol–water partition coefficient (Wildman–Crippen LogP) is 2.95. The van der Waals surface area contributed by atoms with Crippen molar-refractivity contribution in [3.05, 3.63) is 60.2 Å². The molecule has 2 atom stereocenters. The zero-order chi connectivity index (χ0) is 18.6. The van der Waals surface area contributed by atoms with E-state index in [1.165, 1.54) is 5.56 Å². The first-order valence-electron chi connectivity index (χ1n) is 9.68. The highest BCUT2D eigenvalue weighted by Crippen LogP contribution is 2.34. The summed E-state index contributed by atoms with van der Waals surface area (Å²) in [6.07, 6.45) is 0.0913. The van der Waals surface area contributed by atoms with Crippen molar-refractivity contribution in [3.63, 3.8) is 0 Å². The van der Waals surface area contributed by atoms with E-state index in [-0.39, 0.29) is 12.0 Å². The first kappa shape index (κ1) is 17.9. The lowest BCUT2D eigenvalue weighted by Crippen LogP contribution is -2.51. The molecule has 0 aliphatic carbocycles. The summed E-state index contributed by atoms with van der Waals surface area (Å²) in [6, 6.07) is 18.0. The molecule has 0 radical (unpaired) electrons. The Balaban J connectivity index is 1.38. The van der Waals surface area contributed by atoms with Crippen molar-refractivity contribution in [2.45, 2.75) is 32.1 Å². The quantitative estimate of drug-likeness (QED) is 0.838. The van der Waals surface area contributed by atoms with Crippen LogP contribution in [-0.4, -0.2) is 54.1 Å². The summed E-state index contributed by atoms with van der Waals surface area (Å²) in [5.74, 6) is 1.38. The highest BCUT2D eigenvalue weighted by molar-refractivity contribution is 5.82. The maximum absolute atomic E-state index is 13.1. The lowest BCUT2D eigenvalue weighted by molar-refractivity contribution is -0.144. The number of rotatable bonds is 3. The molecule has 4 rings (SSSR count). The van der Waals surface area contributed by atoms with Gasteiger partial charge in [-0.25, -0.2) is 0 Å². The first-order valence-corrected chi connectivity index (χ1v) is 9.68. The predicted molar refractivity (Wildman–Crippen MR) is 104 cm³/mol. The molecule has 27 heavy (non-hydrogen) atoms. The Bertz CT molecular complexity index is 780. The van der Waals surface area contributed by atoms with Crippen molar-refractivity contribution in [2.24, 2.45) is 0 Å². The van der Waals surface area contributed by atoms with Crippen LogP contribution in [0.3, 0.4) is 0 Å². The smallest absolute Gasteiger partial charge is 0.267 e. The molecule has 5 heteroatoms. The summed E-state index contributed by atoms with van der Waals surface area (Å²) in [5.41, 5.74) is 1.31. The molecule has 0 N–H and O–H groups in total.